The normalized spacial score (nSPS) is 15.2. The van der Waals surface area contributed by atoms with Crippen LogP contribution in [0.4, 0.5) is 10.5 Å². The van der Waals surface area contributed by atoms with Gasteiger partial charge in [-0.2, -0.15) is 0 Å². The van der Waals surface area contributed by atoms with Crippen LogP contribution in [0, 0.1) is 6.92 Å². The van der Waals surface area contributed by atoms with Crippen LogP contribution < -0.4 is 14.8 Å². The number of urea groups is 1. The Labute approximate surface area is 193 Å². The molecule has 2 heterocycles. The number of methoxy groups -OCH3 is 2. The first-order valence-electron chi connectivity index (χ1n) is 11.0. The summed E-state index contributed by atoms with van der Waals surface area (Å²) in [6.45, 7) is 2.60. The number of fused-ring (bicyclic) bond motifs is 3. The lowest BCUT2D eigenvalue weighted by Crippen LogP contribution is -2.43. The average Bonchev–Trinajstić information content (AvgIpc) is 3.22. The summed E-state index contributed by atoms with van der Waals surface area (Å²) in [5, 5.41) is 4.25. The Morgan fingerprint density at radius 2 is 1.73 bits per heavy atom. The van der Waals surface area contributed by atoms with E-state index in [1.165, 1.54) is 5.56 Å². The number of nitrogens with zero attached hydrogens (tertiary/aromatic N) is 1. The number of amides is 2. The first-order chi connectivity index (χ1) is 16.1. The number of nitrogens with one attached hydrogen (secondary N) is 2. The van der Waals surface area contributed by atoms with E-state index in [1.807, 2.05) is 72.5 Å². The van der Waals surface area contributed by atoms with Gasteiger partial charge in [0.15, 0.2) is 0 Å². The number of benzene rings is 3. The first kappa shape index (κ1) is 20.9. The Morgan fingerprint density at radius 1 is 1.00 bits per heavy atom. The minimum Gasteiger partial charge on any atom is -0.497 e. The maximum Gasteiger partial charge on any atom is 0.322 e. The van der Waals surface area contributed by atoms with Gasteiger partial charge in [-0.05, 0) is 66.4 Å². The van der Waals surface area contributed by atoms with Crippen molar-refractivity contribution in [1.82, 2.24) is 9.88 Å². The average molecular weight is 442 g/mol. The second-order valence-corrected chi connectivity index (χ2v) is 8.29. The molecule has 1 aliphatic heterocycles. The summed E-state index contributed by atoms with van der Waals surface area (Å²) in [5.41, 5.74) is 6.18. The van der Waals surface area contributed by atoms with E-state index in [9.17, 15) is 4.79 Å². The lowest BCUT2D eigenvalue weighted by molar-refractivity contribution is 0.193. The van der Waals surface area contributed by atoms with Crippen molar-refractivity contribution in [1.29, 1.82) is 0 Å². The van der Waals surface area contributed by atoms with Crippen LogP contribution in [0.25, 0.3) is 10.9 Å². The number of hydrogen-bond acceptors (Lipinski definition) is 3. The van der Waals surface area contributed by atoms with Gasteiger partial charge in [0.2, 0.25) is 0 Å². The summed E-state index contributed by atoms with van der Waals surface area (Å²) < 4.78 is 10.8. The van der Waals surface area contributed by atoms with Gasteiger partial charge in [-0.1, -0.05) is 30.3 Å². The molecule has 6 nitrogen and oxygen atoms in total. The lowest BCUT2D eigenvalue weighted by Gasteiger charge is -2.36. The van der Waals surface area contributed by atoms with Gasteiger partial charge >= 0.3 is 6.03 Å². The smallest absolute Gasteiger partial charge is 0.322 e. The van der Waals surface area contributed by atoms with Gasteiger partial charge in [-0.15, -0.1) is 0 Å². The van der Waals surface area contributed by atoms with E-state index in [2.05, 4.69) is 16.4 Å². The monoisotopic (exact) mass is 441 g/mol. The molecule has 168 valence electrons. The van der Waals surface area contributed by atoms with E-state index >= 15 is 0 Å². The van der Waals surface area contributed by atoms with Gasteiger partial charge in [0.05, 0.1) is 20.3 Å². The highest BCUT2D eigenvalue weighted by Gasteiger charge is 2.35. The lowest BCUT2D eigenvalue weighted by atomic mass is 9.92. The van der Waals surface area contributed by atoms with Gasteiger partial charge < -0.3 is 24.7 Å². The minimum atomic E-state index is -0.248. The molecule has 1 aliphatic rings. The number of hydrogen-bond donors (Lipinski definition) is 2. The number of anilines is 1. The van der Waals surface area contributed by atoms with Crippen molar-refractivity contribution in [2.45, 2.75) is 19.4 Å². The van der Waals surface area contributed by atoms with Crippen molar-refractivity contribution < 1.29 is 14.3 Å². The topological polar surface area (TPSA) is 66.6 Å². The van der Waals surface area contributed by atoms with Gasteiger partial charge in [0.25, 0.3) is 0 Å². The largest absolute Gasteiger partial charge is 0.497 e. The van der Waals surface area contributed by atoms with Crippen molar-refractivity contribution >= 4 is 22.6 Å². The first-order valence-corrected chi connectivity index (χ1v) is 11.0. The molecular formula is C27H27N3O3. The molecule has 0 bridgehead atoms. The second kappa shape index (κ2) is 8.54. The number of carbonyl (C=O) groups is 1. The van der Waals surface area contributed by atoms with E-state index in [1.54, 1.807) is 14.2 Å². The molecule has 0 aliphatic carbocycles. The number of aromatic nitrogens is 1. The summed E-state index contributed by atoms with van der Waals surface area (Å²) >= 11 is 0. The molecule has 0 radical (unpaired) electrons. The second-order valence-electron chi connectivity index (χ2n) is 8.29. The van der Waals surface area contributed by atoms with Crippen LogP contribution in [-0.4, -0.2) is 36.7 Å². The van der Waals surface area contributed by atoms with Crippen LogP contribution in [0.15, 0.2) is 66.7 Å². The number of aryl methyl sites for hydroxylation is 1. The maximum atomic E-state index is 13.5. The molecule has 0 saturated carbocycles. The van der Waals surface area contributed by atoms with Crippen LogP contribution in [-0.2, 0) is 6.42 Å². The van der Waals surface area contributed by atoms with Gasteiger partial charge in [0, 0.05) is 28.8 Å². The molecular weight excluding hydrogens is 414 g/mol. The zero-order chi connectivity index (χ0) is 22.9. The maximum absolute atomic E-state index is 13.5. The van der Waals surface area contributed by atoms with Gasteiger partial charge in [-0.3, -0.25) is 0 Å². The zero-order valence-corrected chi connectivity index (χ0v) is 19.0. The molecule has 1 atom stereocenters. The Hall–Kier alpha value is -3.93. The van der Waals surface area contributed by atoms with E-state index in [-0.39, 0.29) is 12.1 Å². The molecule has 1 aromatic heterocycles. The van der Waals surface area contributed by atoms with E-state index < -0.39 is 0 Å². The van der Waals surface area contributed by atoms with Crippen molar-refractivity contribution in [2.24, 2.45) is 0 Å². The summed E-state index contributed by atoms with van der Waals surface area (Å²) in [6.07, 6.45) is 0.760. The third kappa shape index (κ3) is 3.78. The van der Waals surface area contributed by atoms with Crippen LogP contribution in [0.5, 0.6) is 11.5 Å². The van der Waals surface area contributed by atoms with Crippen LogP contribution in [0.2, 0.25) is 0 Å². The third-order valence-electron chi connectivity index (χ3n) is 6.41. The fourth-order valence-electron chi connectivity index (χ4n) is 4.65. The molecule has 2 amide bonds. The number of ether oxygens (including phenoxy) is 2. The van der Waals surface area contributed by atoms with Crippen LogP contribution in [0.3, 0.4) is 0 Å². The van der Waals surface area contributed by atoms with Crippen LogP contribution >= 0.6 is 0 Å². The SMILES string of the molecule is COc1ccc([C@H]2c3[nH]c4ccc(OC)cc4c3CCN2C(=O)Nc2ccccc2C)cc1. The Kier molecular flexibility index (Phi) is 5.42. The molecule has 3 aromatic carbocycles. The molecule has 0 spiro atoms. The molecule has 6 heteroatoms. The molecule has 2 N–H and O–H groups in total. The molecule has 33 heavy (non-hydrogen) atoms. The fraction of sp³-hybridized carbons (Fsp3) is 0.222. The van der Waals surface area contributed by atoms with Gasteiger partial charge in [-0.25, -0.2) is 4.79 Å². The third-order valence-corrected chi connectivity index (χ3v) is 6.41. The number of para-hydroxylation sites is 1. The Balaban J connectivity index is 1.59. The minimum absolute atomic E-state index is 0.119. The summed E-state index contributed by atoms with van der Waals surface area (Å²) in [6, 6.07) is 21.4. The standard InChI is InChI=1S/C27H27N3O3/c1-17-6-4-5-7-23(17)29-27(31)30-15-14-21-22-16-20(33-3)12-13-24(22)28-25(21)26(30)18-8-10-19(32-2)11-9-18/h4-13,16,26,28H,14-15H2,1-3H3,(H,29,31)/t26-/m0/s1. The highest BCUT2D eigenvalue weighted by molar-refractivity contribution is 5.92. The summed E-state index contributed by atoms with van der Waals surface area (Å²) in [4.78, 5) is 19.0. The van der Waals surface area contributed by atoms with E-state index in [0.717, 1.165) is 51.3 Å². The van der Waals surface area contributed by atoms with Crippen LogP contribution in [0.1, 0.15) is 28.4 Å². The summed E-state index contributed by atoms with van der Waals surface area (Å²) in [5.74, 6) is 1.61. The van der Waals surface area contributed by atoms with Crippen molar-refractivity contribution in [3.63, 3.8) is 0 Å². The van der Waals surface area contributed by atoms with Crippen molar-refractivity contribution in [3.8, 4) is 11.5 Å². The quantitative estimate of drug-likeness (QED) is 0.429. The molecule has 0 unspecified atom stereocenters. The summed E-state index contributed by atoms with van der Waals surface area (Å²) in [7, 11) is 3.33. The number of aromatic amines is 1. The molecule has 0 saturated heterocycles. The highest BCUT2D eigenvalue weighted by atomic mass is 16.5. The number of rotatable bonds is 4. The fourth-order valence-corrected chi connectivity index (χ4v) is 4.65. The zero-order valence-electron chi connectivity index (χ0n) is 19.0. The van der Waals surface area contributed by atoms with Crippen molar-refractivity contribution in [3.05, 3.63) is 89.1 Å². The highest BCUT2D eigenvalue weighted by Crippen LogP contribution is 2.40. The van der Waals surface area contributed by atoms with Gasteiger partial charge in [0.1, 0.15) is 11.5 Å². The Morgan fingerprint density at radius 3 is 2.45 bits per heavy atom. The number of H-pyrrole nitrogens is 1. The number of carbonyl (C=O) groups excluding carboxylic acids is 1. The molecule has 0 fully saturated rings. The predicted molar refractivity (Wildman–Crippen MR) is 130 cm³/mol. The molecule has 5 rings (SSSR count). The Bertz CT molecular complexity index is 1310. The van der Waals surface area contributed by atoms with E-state index in [4.69, 9.17) is 9.47 Å². The molecule has 4 aromatic rings. The van der Waals surface area contributed by atoms with E-state index in [0.29, 0.717) is 6.54 Å². The predicted octanol–water partition coefficient (Wildman–Crippen LogP) is 5.67. The van der Waals surface area contributed by atoms with Crippen molar-refractivity contribution in [2.75, 3.05) is 26.1 Å².